The van der Waals surface area contributed by atoms with Crippen LogP contribution in [0, 0.1) is 12.7 Å². The number of methoxy groups -OCH3 is 1. The van der Waals surface area contributed by atoms with Gasteiger partial charge in [0.15, 0.2) is 0 Å². The van der Waals surface area contributed by atoms with Gasteiger partial charge in [0.2, 0.25) is 15.9 Å². The minimum atomic E-state index is -4.21. The van der Waals surface area contributed by atoms with Gasteiger partial charge in [0.05, 0.1) is 29.7 Å². The molecule has 10 heteroatoms. The fraction of sp³-hybridized carbons (Fsp3) is 0.192. The SMILES string of the molecule is COC(=O)c1ccc(N2C(=O)CC(N(Cc3ccc(F)cc3)S(=O)(=O)c3ccc(C)cc3)C2=O)cc1. The van der Waals surface area contributed by atoms with Gasteiger partial charge in [-0.05, 0) is 61.0 Å². The molecule has 0 aromatic heterocycles. The van der Waals surface area contributed by atoms with Crippen molar-refractivity contribution in [3.05, 3.63) is 95.3 Å². The van der Waals surface area contributed by atoms with Gasteiger partial charge in [-0.1, -0.05) is 29.8 Å². The highest BCUT2D eigenvalue weighted by Gasteiger charge is 2.47. The lowest BCUT2D eigenvalue weighted by Gasteiger charge is -2.27. The fourth-order valence-corrected chi connectivity index (χ4v) is 5.52. The molecule has 3 aromatic carbocycles. The zero-order valence-corrected chi connectivity index (χ0v) is 20.4. The lowest BCUT2D eigenvalue weighted by molar-refractivity contribution is -0.122. The van der Waals surface area contributed by atoms with E-state index < -0.39 is 39.7 Å². The minimum absolute atomic E-state index is 0.0312. The number of aryl methyl sites for hydroxylation is 1. The summed E-state index contributed by atoms with van der Waals surface area (Å²) >= 11 is 0. The van der Waals surface area contributed by atoms with Crippen LogP contribution in [-0.4, -0.2) is 43.7 Å². The maximum absolute atomic E-state index is 13.7. The van der Waals surface area contributed by atoms with Crippen LogP contribution in [-0.2, 0) is 30.9 Å². The van der Waals surface area contributed by atoms with E-state index in [2.05, 4.69) is 4.74 Å². The van der Waals surface area contributed by atoms with E-state index in [1.165, 1.54) is 67.8 Å². The van der Waals surface area contributed by atoms with Crippen molar-refractivity contribution in [2.24, 2.45) is 0 Å². The predicted molar refractivity (Wildman–Crippen MR) is 129 cm³/mol. The van der Waals surface area contributed by atoms with E-state index >= 15 is 0 Å². The van der Waals surface area contributed by atoms with Gasteiger partial charge in [0.25, 0.3) is 5.91 Å². The van der Waals surface area contributed by atoms with E-state index in [4.69, 9.17) is 0 Å². The molecule has 1 saturated heterocycles. The number of ether oxygens (including phenoxy) is 1. The van der Waals surface area contributed by atoms with Gasteiger partial charge < -0.3 is 4.74 Å². The normalized spacial score (nSPS) is 16.0. The summed E-state index contributed by atoms with van der Waals surface area (Å²) in [6.45, 7) is 1.57. The summed E-state index contributed by atoms with van der Waals surface area (Å²) in [5, 5.41) is 0. The molecule has 0 bridgehead atoms. The highest BCUT2D eigenvalue weighted by atomic mass is 32.2. The summed E-state index contributed by atoms with van der Waals surface area (Å²) in [7, 11) is -2.98. The van der Waals surface area contributed by atoms with Crippen molar-refractivity contribution in [3.8, 4) is 0 Å². The number of nitrogens with zero attached hydrogens (tertiary/aromatic N) is 2. The minimum Gasteiger partial charge on any atom is -0.465 e. The fourth-order valence-electron chi connectivity index (χ4n) is 3.95. The van der Waals surface area contributed by atoms with Crippen molar-refractivity contribution in [2.45, 2.75) is 30.8 Å². The van der Waals surface area contributed by atoms with Gasteiger partial charge in [0.1, 0.15) is 11.9 Å². The summed E-state index contributed by atoms with van der Waals surface area (Å²) in [5.74, 6) is -2.36. The van der Waals surface area contributed by atoms with Gasteiger partial charge in [-0.3, -0.25) is 9.59 Å². The number of hydrogen-bond donors (Lipinski definition) is 0. The molecule has 1 aliphatic rings. The molecular formula is C26H23FN2O6S. The second-order valence-electron chi connectivity index (χ2n) is 8.32. The molecular weight excluding hydrogens is 487 g/mol. The summed E-state index contributed by atoms with van der Waals surface area (Å²) in [6, 6.07) is 15.8. The Balaban J connectivity index is 1.71. The second kappa shape index (κ2) is 10.00. The van der Waals surface area contributed by atoms with Gasteiger partial charge in [-0.25, -0.2) is 22.5 Å². The molecule has 0 radical (unpaired) electrons. The van der Waals surface area contributed by atoms with E-state index in [0.717, 1.165) is 14.8 Å². The average molecular weight is 511 g/mol. The Bertz CT molecular complexity index is 1400. The molecule has 0 aliphatic carbocycles. The smallest absolute Gasteiger partial charge is 0.337 e. The quantitative estimate of drug-likeness (QED) is 0.357. The molecule has 3 aromatic rings. The molecule has 0 N–H and O–H groups in total. The number of amides is 2. The van der Waals surface area contributed by atoms with Crippen LogP contribution in [0.5, 0.6) is 0 Å². The van der Waals surface area contributed by atoms with Crippen LogP contribution in [0.1, 0.15) is 27.9 Å². The molecule has 36 heavy (non-hydrogen) atoms. The van der Waals surface area contributed by atoms with Crippen LogP contribution in [0.25, 0.3) is 0 Å². The standard InChI is InChI=1S/C26H23FN2O6S/c1-17-3-13-22(14-4-17)36(33,34)28(16-18-5-9-20(27)10-6-18)23-15-24(30)29(25(23)31)21-11-7-19(8-12-21)26(32)35-2/h3-14,23H,15-16H2,1-2H3. The zero-order valence-electron chi connectivity index (χ0n) is 19.5. The molecule has 1 unspecified atom stereocenters. The van der Waals surface area contributed by atoms with E-state index in [1.54, 1.807) is 12.1 Å². The Morgan fingerprint density at radius 1 is 1.00 bits per heavy atom. The topological polar surface area (TPSA) is 101 Å². The number of carbonyl (C=O) groups excluding carboxylic acids is 3. The number of halogens is 1. The first-order valence-corrected chi connectivity index (χ1v) is 12.4. The Labute approximate surface area is 208 Å². The first-order valence-electron chi connectivity index (χ1n) is 11.0. The molecule has 186 valence electrons. The lowest BCUT2D eigenvalue weighted by Crippen LogP contribution is -2.45. The Morgan fingerprint density at radius 3 is 2.19 bits per heavy atom. The van der Waals surface area contributed by atoms with Crippen molar-refractivity contribution < 1.29 is 31.9 Å². The third-order valence-electron chi connectivity index (χ3n) is 5.90. The first-order chi connectivity index (χ1) is 17.1. The monoisotopic (exact) mass is 510 g/mol. The highest BCUT2D eigenvalue weighted by molar-refractivity contribution is 7.89. The van der Waals surface area contributed by atoms with Crippen molar-refractivity contribution in [1.82, 2.24) is 4.31 Å². The van der Waals surface area contributed by atoms with Crippen molar-refractivity contribution in [1.29, 1.82) is 0 Å². The number of anilines is 1. The zero-order chi connectivity index (χ0) is 26.0. The van der Waals surface area contributed by atoms with Crippen LogP contribution < -0.4 is 4.90 Å². The number of imide groups is 1. The van der Waals surface area contributed by atoms with Crippen molar-refractivity contribution >= 4 is 33.5 Å². The summed E-state index contributed by atoms with van der Waals surface area (Å²) in [4.78, 5) is 39.0. The van der Waals surface area contributed by atoms with E-state index in [0.29, 0.717) is 5.56 Å². The summed E-state index contributed by atoms with van der Waals surface area (Å²) < 4.78 is 46.4. The van der Waals surface area contributed by atoms with Crippen molar-refractivity contribution in [3.63, 3.8) is 0 Å². The second-order valence-corrected chi connectivity index (χ2v) is 10.2. The summed E-state index contributed by atoms with van der Waals surface area (Å²) in [5.41, 5.74) is 1.74. The molecule has 2 amide bonds. The Hall–Kier alpha value is -3.89. The molecule has 4 rings (SSSR count). The molecule has 0 spiro atoms. The van der Waals surface area contributed by atoms with Crippen LogP contribution in [0.2, 0.25) is 0 Å². The van der Waals surface area contributed by atoms with Crippen LogP contribution in [0.3, 0.4) is 0 Å². The number of benzene rings is 3. The molecule has 1 fully saturated rings. The molecule has 1 heterocycles. The maximum atomic E-state index is 13.7. The molecule has 0 saturated carbocycles. The average Bonchev–Trinajstić information content (AvgIpc) is 3.16. The third-order valence-corrected chi connectivity index (χ3v) is 7.77. The third kappa shape index (κ3) is 4.91. The number of esters is 1. The lowest BCUT2D eigenvalue weighted by atomic mass is 10.2. The van der Waals surface area contributed by atoms with Crippen LogP contribution >= 0.6 is 0 Å². The van der Waals surface area contributed by atoms with Gasteiger partial charge in [-0.2, -0.15) is 4.31 Å². The van der Waals surface area contributed by atoms with E-state index in [-0.39, 0.29) is 29.1 Å². The van der Waals surface area contributed by atoms with E-state index in [1.807, 2.05) is 6.92 Å². The number of hydrogen-bond acceptors (Lipinski definition) is 6. The Morgan fingerprint density at radius 2 is 1.61 bits per heavy atom. The Kier molecular flexibility index (Phi) is 7.00. The predicted octanol–water partition coefficient (Wildman–Crippen LogP) is 3.44. The number of sulfonamides is 1. The molecule has 8 nitrogen and oxygen atoms in total. The first kappa shape index (κ1) is 25.2. The number of carbonyl (C=O) groups is 3. The van der Waals surface area contributed by atoms with Gasteiger partial charge in [0, 0.05) is 6.54 Å². The molecule has 1 aliphatic heterocycles. The van der Waals surface area contributed by atoms with Gasteiger partial charge in [-0.15, -0.1) is 0 Å². The summed E-state index contributed by atoms with van der Waals surface area (Å²) in [6.07, 6.45) is -0.371. The van der Waals surface area contributed by atoms with Gasteiger partial charge >= 0.3 is 5.97 Å². The van der Waals surface area contributed by atoms with E-state index in [9.17, 15) is 27.2 Å². The highest BCUT2D eigenvalue weighted by Crippen LogP contribution is 2.31. The van der Waals surface area contributed by atoms with Crippen LogP contribution in [0.4, 0.5) is 10.1 Å². The maximum Gasteiger partial charge on any atom is 0.337 e. The largest absolute Gasteiger partial charge is 0.465 e. The number of rotatable bonds is 7. The van der Waals surface area contributed by atoms with Crippen molar-refractivity contribution in [2.75, 3.05) is 12.0 Å². The molecule has 1 atom stereocenters. The van der Waals surface area contributed by atoms with Crippen LogP contribution in [0.15, 0.2) is 77.7 Å².